The third kappa shape index (κ3) is 2.91. The average molecular weight is 305 g/mol. The molecule has 1 aromatic heterocycles. The van der Waals surface area contributed by atoms with E-state index >= 15 is 0 Å². The van der Waals surface area contributed by atoms with Gasteiger partial charge in [-0.15, -0.1) is 0 Å². The zero-order valence-corrected chi connectivity index (χ0v) is 13.9. The Balaban J connectivity index is 1.76. The summed E-state index contributed by atoms with van der Waals surface area (Å²) >= 11 is 0. The van der Waals surface area contributed by atoms with Crippen LogP contribution in [0.3, 0.4) is 0 Å². The van der Waals surface area contributed by atoms with E-state index in [4.69, 9.17) is 4.52 Å². The van der Waals surface area contributed by atoms with Crippen molar-refractivity contribution in [2.24, 2.45) is 0 Å². The highest BCUT2D eigenvalue weighted by atomic mass is 16.5. The van der Waals surface area contributed by atoms with Crippen molar-refractivity contribution < 1.29 is 9.32 Å². The molecule has 1 saturated heterocycles. The smallest absolute Gasteiger partial charge is 0.290 e. The van der Waals surface area contributed by atoms with Crippen LogP contribution < -0.4 is 10.6 Å². The van der Waals surface area contributed by atoms with E-state index in [9.17, 15) is 4.79 Å². The molecule has 1 aromatic rings. The summed E-state index contributed by atoms with van der Waals surface area (Å²) in [6, 6.07) is 2.17. The van der Waals surface area contributed by atoms with Gasteiger partial charge in [-0.2, -0.15) is 0 Å². The number of aromatic nitrogens is 1. The molecule has 0 radical (unpaired) electrons. The molecule has 2 unspecified atom stereocenters. The Kier molecular flexibility index (Phi) is 4.02. The maximum atomic E-state index is 12.6. The molecule has 1 saturated carbocycles. The van der Waals surface area contributed by atoms with Gasteiger partial charge in [-0.25, -0.2) is 0 Å². The van der Waals surface area contributed by atoms with Crippen molar-refractivity contribution in [2.45, 2.75) is 76.3 Å². The zero-order valence-electron chi connectivity index (χ0n) is 13.9. The van der Waals surface area contributed by atoms with Crippen molar-refractivity contribution in [1.82, 2.24) is 15.8 Å². The minimum atomic E-state index is -0.126. The van der Waals surface area contributed by atoms with Crippen LogP contribution in [0.1, 0.15) is 75.5 Å². The minimum Gasteiger partial charge on any atom is -0.351 e. The van der Waals surface area contributed by atoms with Crippen LogP contribution in [0.15, 0.2) is 10.6 Å². The fourth-order valence-corrected chi connectivity index (χ4v) is 3.72. The summed E-state index contributed by atoms with van der Waals surface area (Å²) in [6.07, 6.45) is 6.88. The van der Waals surface area contributed by atoms with E-state index in [0.29, 0.717) is 11.8 Å². The SMILES string of the molecule is CC(C)(C)c1cc(C(=O)NC23CCCCCC2NCC3)on1. The summed E-state index contributed by atoms with van der Waals surface area (Å²) in [5.74, 6) is 0.202. The van der Waals surface area contributed by atoms with Gasteiger partial charge in [-0.1, -0.05) is 45.2 Å². The second kappa shape index (κ2) is 5.69. The second-order valence-corrected chi connectivity index (χ2v) is 7.79. The Morgan fingerprint density at radius 2 is 2.18 bits per heavy atom. The molecule has 0 spiro atoms. The van der Waals surface area contributed by atoms with Crippen LogP contribution in [0, 0.1) is 0 Å². The quantitative estimate of drug-likeness (QED) is 0.881. The first-order valence-corrected chi connectivity index (χ1v) is 8.44. The molecule has 5 heteroatoms. The normalized spacial score (nSPS) is 29.0. The summed E-state index contributed by atoms with van der Waals surface area (Å²) in [4.78, 5) is 12.6. The van der Waals surface area contributed by atoms with E-state index in [-0.39, 0.29) is 16.9 Å². The standard InChI is InChI=1S/C17H27N3O2/c1-16(2,3)14-11-12(22-20-14)15(21)19-17-8-6-4-5-7-13(17)18-10-9-17/h11,13,18H,4-10H2,1-3H3,(H,19,21). The molecule has 1 aliphatic carbocycles. The number of carbonyl (C=O) groups excluding carboxylic acids is 1. The number of hydrogen-bond donors (Lipinski definition) is 2. The van der Waals surface area contributed by atoms with Crippen molar-refractivity contribution in [3.8, 4) is 0 Å². The number of fused-ring (bicyclic) bond motifs is 1. The van der Waals surface area contributed by atoms with E-state index in [0.717, 1.165) is 31.5 Å². The van der Waals surface area contributed by atoms with Gasteiger partial charge in [-0.3, -0.25) is 4.79 Å². The van der Waals surface area contributed by atoms with Crippen molar-refractivity contribution in [3.63, 3.8) is 0 Å². The Morgan fingerprint density at radius 3 is 2.91 bits per heavy atom. The molecule has 3 rings (SSSR count). The van der Waals surface area contributed by atoms with Gasteiger partial charge in [0.1, 0.15) is 0 Å². The molecule has 2 fully saturated rings. The van der Waals surface area contributed by atoms with Crippen LogP contribution in [-0.4, -0.2) is 29.2 Å². The topological polar surface area (TPSA) is 67.2 Å². The lowest BCUT2D eigenvalue weighted by Crippen LogP contribution is -2.55. The summed E-state index contributed by atoms with van der Waals surface area (Å²) in [5.41, 5.74) is 0.597. The molecule has 2 heterocycles. The Labute approximate surface area is 132 Å². The van der Waals surface area contributed by atoms with Gasteiger partial charge in [0.25, 0.3) is 5.91 Å². The monoisotopic (exact) mass is 305 g/mol. The number of amides is 1. The largest absolute Gasteiger partial charge is 0.351 e. The highest BCUT2D eigenvalue weighted by Crippen LogP contribution is 2.34. The first-order chi connectivity index (χ1) is 10.4. The van der Waals surface area contributed by atoms with E-state index < -0.39 is 0 Å². The maximum absolute atomic E-state index is 12.6. The summed E-state index contributed by atoms with van der Waals surface area (Å²) in [7, 11) is 0. The lowest BCUT2D eigenvalue weighted by atomic mass is 9.85. The number of hydrogen-bond acceptors (Lipinski definition) is 4. The second-order valence-electron chi connectivity index (χ2n) is 7.79. The number of nitrogens with zero attached hydrogens (tertiary/aromatic N) is 1. The third-order valence-electron chi connectivity index (χ3n) is 5.11. The molecular formula is C17H27N3O2. The summed E-state index contributed by atoms with van der Waals surface area (Å²) < 4.78 is 5.29. The molecular weight excluding hydrogens is 278 g/mol. The fourth-order valence-electron chi connectivity index (χ4n) is 3.72. The highest BCUT2D eigenvalue weighted by Gasteiger charge is 2.44. The molecule has 0 aromatic carbocycles. The van der Waals surface area contributed by atoms with Gasteiger partial charge < -0.3 is 15.2 Å². The van der Waals surface area contributed by atoms with Crippen LogP contribution in [0.4, 0.5) is 0 Å². The Morgan fingerprint density at radius 1 is 1.36 bits per heavy atom. The number of nitrogens with one attached hydrogen (secondary N) is 2. The predicted octanol–water partition coefficient (Wildman–Crippen LogP) is 2.77. The molecule has 122 valence electrons. The van der Waals surface area contributed by atoms with Gasteiger partial charge in [-0.05, 0) is 25.8 Å². The van der Waals surface area contributed by atoms with E-state index in [1.807, 2.05) is 0 Å². The van der Waals surface area contributed by atoms with Gasteiger partial charge in [0.15, 0.2) is 0 Å². The van der Waals surface area contributed by atoms with Crippen molar-refractivity contribution >= 4 is 5.91 Å². The highest BCUT2D eigenvalue weighted by molar-refractivity contribution is 5.92. The molecule has 1 amide bonds. The van der Waals surface area contributed by atoms with E-state index in [2.05, 4.69) is 36.6 Å². The van der Waals surface area contributed by atoms with Crippen LogP contribution in [0.2, 0.25) is 0 Å². The number of rotatable bonds is 2. The average Bonchev–Trinajstić information content (AvgIpc) is 3.03. The molecule has 2 N–H and O–H groups in total. The van der Waals surface area contributed by atoms with Crippen LogP contribution in [0.25, 0.3) is 0 Å². The van der Waals surface area contributed by atoms with Gasteiger partial charge in [0.2, 0.25) is 5.76 Å². The molecule has 1 aliphatic heterocycles. The van der Waals surface area contributed by atoms with Crippen molar-refractivity contribution in [3.05, 3.63) is 17.5 Å². The number of carbonyl (C=O) groups is 1. The summed E-state index contributed by atoms with van der Waals surface area (Å²) in [5, 5.41) is 10.9. The van der Waals surface area contributed by atoms with E-state index in [1.165, 1.54) is 19.3 Å². The van der Waals surface area contributed by atoms with Crippen LogP contribution >= 0.6 is 0 Å². The van der Waals surface area contributed by atoms with E-state index in [1.54, 1.807) is 6.07 Å². The molecule has 22 heavy (non-hydrogen) atoms. The van der Waals surface area contributed by atoms with Crippen LogP contribution in [0.5, 0.6) is 0 Å². The lowest BCUT2D eigenvalue weighted by Gasteiger charge is -2.34. The van der Waals surface area contributed by atoms with Crippen molar-refractivity contribution in [2.75, 3.05) is 6.54 Å². The minimum absolute atomic E-state index is 0.109. The van der Waals surface area contributed by atoms with Crippen LogP contribution in [-0.2, 0) is 5.41 Å². The first kappa shape index (κ1) is 15.5. The van der Waals surface area contributed by atoms with Gasteiger partial charge in [0, 0.05) is 17.5 Å². The zero-order chi connectivity index (χ0) is 15.8. The lowest BCUT2D eigenvalue weighted by molar-refractivity contribution is 0.0844. The summed E-state index contributed by atoms with van der Waals surface area (Å²) in [6.45, 7) is 7.17. The Hall–Kier alpha value is -1.36. The fraction of sp³-hybridized carbons (Fsp3) is 0.765. The molecule has 0 bridgehead atoms. The third-order valence-corrected chi connectivity index (χ3v) is 5.11. The molecule has 2 aliphatic rings. The van der Waals surface area contributed by atoms with Crippen molar-refractivity contribution in [1.29, 1.82) is 0 Å². The maximum Gasteiger partial charge on any atom is 0.290 e. The van der Waals surface area contributed by atoms with Gasteiger partial charge in [0.05, 0.1) is 11.2 Å². The molecule has 2 atom stereocenters. The predicted molar refractivity (Wildman–Crippen MR) is 84.9 cm³/mol. The first-order valence-electron chi connectivity index (χ1n) is 8.44. The Bertz CT molecular complexity index is 546. The molecule has 5 nitrogen and oxygen atoms in total. The van der Waals surface area contributed by atoms with Gasteiger partial charge >= 0.3 is 0 Å².